The third-order valence-corrected chi connectivity index (χ3v) is 3.06. The van der Waals surface area contributed by atoms with Crippen LogP contribution in [0.4, 0.5) is 5.82 Å². The smallest absolute Gasteiger partial charge is 0.252 e. The molecular weight excluding hydrogens is 204 g/mol. The van der Waals surface area contributed by atoms with Crippen LogP contribution in [0.3, 0.4) is 0 Å². The van der Waals surface area contributed by atoms with Gasteiger partial charge in [-0.3, -0.25) is 4.79 Å². The second-order valence-electron chi connectivity index (χ2n) is 4.74. The number of aromatic nitrogens is 2. The average Bonchev–Trinajstić information content (AvgIpc) is 2.28. The van der Waals surface area contributed by atoms with Crippen molar-refractivity contribution < 1.29 is 0 Å². The fourth-order valence-corrected chi connectivity index (χ4v) is 2.04. The monoisotopic (exact) mass is 222 g/mol. The largest absolute Gasteiger partial charge is 0.369 e. The summed E-state index contributed by atoms with van der Waals surface area (Å²) in [5, 5.41) is 6.62. The summed E-state index contributed by atoms with van der Waals surface area (Å²) in [4.78, 5) is 17.6. The molecule has 5 heteroatoms. The van der Waals surface area contributed by atoms with Crippen LogP contribution < -0.4 is 16.2 Å². The fourth-order valence-electron chi connectivity index (χ4n) is 2.04. The van der Waals surface area contributed by atoms with E-state index < -0.39 is 0 Å². The lowest BCUT2D eigenvalue weighted by molar-refractivity contribution is 0.253. The van der Waals surface area contributed by atoms with Gasteiger partial charge >= 0.3 is 0 Å². The highest BCUT2D eigenvalue weighted by Crippen LogP contribution is 2.25. The van der Waals surface area contributed by atoms with Crippen LogP contribution >= 0.6 is 0 Å². The molecule has 1 aromatic rings. The normalized spacial score (nSPS) is 25.3. The Morgan fingerprint density at radius 2 is 2.50 bits per heavy atom. The van der Waals surface area contributed by atoms with Crippen LogP contribution in [0.15, 0.2) is 17.2 Å². The molecule has 0 amide bonds. The number of H-pyrrole nitrogens is 1. The van der Waals surface area contributed by atoms with Crippen molar-refractivity contribution in [3.8, 4) is 0 Å². The second-order valence-corrected chi connectivity index (χ2v) is 4.74. The molecule has 1 unspecified atom stereocenters. The summed E-state index contributed by atoms with van der Waals surface area (Å²) < 4.78 is 0. The minimum absolute atomic E-state index is 0.121. The molecule has 5 nitrogen and oxygen atoms in total. The summed E-state index contributed by atoms with van der Waals surface area (Å²) in [6.07, 6.45) is 3.84. The third kappa shape index (κ3) is 2.82. The lowest BCUT2D eigenvalue weighted by atomic mass is 9.83. The maximum atomic E-state index is 11.1. The lowest BCUT2D eigenvalue weighted by Gasteiger charge is -2.34. The van der Waals surface area contributed by atoms with Gasteiger partial charge in [0.15, 0.2) is 0 Å². The molecule has 0 spiro atoms. The van der Waals surface area contributed by atoms with Crippen LogP contribution in [0, 0.1) is 5.41 Å². The molecule has 1 aliphatic rings. The van der Waals surface area contributed by atoms with Gasteiger partial charge in [0.25, 0.3) is 5.56 Å². The molecule has 1 atom stereocenters. The minimum Gasteiger partial charge on any atom is -0.369 e. The zero-order valence-electron chi connectivity index (χ0n) is 9.55. The van der Waals surface area contributed by atoms with Crippen LogP contribution in [0.25, 0.3) is 0 Å². The predicted octanol–water partition coefficient (Wildman–Crippen LogP) is 0.571. The predicted molar refractivity (Wildman–Crippen MR) is 63.6 cm³/mol. The fraction of sp³-hybridized carbons (Fsp3) is 0.636. The Morgan fingerprint density at radius 3 is 3.19 bits per heavy atom. The van der Waals surface area contributed by atoms with E-state index in [0.29, 0.717) is 5.82 Å². The number of rotatable bonds is 3. The molecule has 1 aliphatic heterocycles. The van der Waals surface area contributed by atoms with E-state index in [1.54, 1.807) is 0 Å². The Balaban J connectivity index is 1.93. The van der Waals surface area contributed by atoms with E-state index in [1.807, 2.05) is 0 Å². The number of aromatic amines is 1. The van der Waals surface area contributed by atoms with E-state index in [0.717, 1.165) is 19.6 Å². The number of nitrogens with one attached hydrogen (secondary N) is 3. The highest BCUT2D eigenvalue weighted by molar-refractivity contribution is 5.31. The highest BCUT2D eigenvalue weighted by atomic mass is 16.1. The molecule has 16 heavy (non-hydrogen) atoms. The van der Waals surface area contributed by atoms with Crippen LogP contribution in [0.1, 0.15) is 19.8 Å². The van der Waals surface area contributed by atoms with Crippen LogP contribution in [0.5, 0.6) is 0 Å². The van der Waals surface area contributed by atoms with Gasteiger partial charge in [-0.2, -0.15) is 0 Å². The van der Waals surface area contributed by atoms with E-state index >= 15 is 0 Å². The van der Waals surface area contributed by atoms with Crippen LogP contribution in [-0.4, -0.2) is 29.6 Å². The Kier molecular flexibility index (Phi) is 3.24. The summed E-state index contributed by atoms with van der Waals surface area (Å²) >= 11 is 0. The molecule has 2 rings (SSSR count). The van der Waals surface area contributed by atoms with E-state index in [-0.39, 0.29) is 11.0 Å². The molecule has 88 valence electrons. The number of hydrogen-bond acceptors (Lipinski definition) is 4. The van der Waals surface area contributed by atoms with Crippen molar-refractivity contribution in [2.75, 3.05) is 25.0 Å². The summed E-state index contributed by atoms with van der Waals surface area (Å²) in [5.74, 6) is 0.649. The second kappa shape index (κ2) is 4.65. The summed E-state index contributed by atoms with van der Waals surface area (Å²) in [5.41, 5.74) is 0.132. The molecule has 1 saturated heterocycles. The summed E-state index contributed by atoms with van der Waals surface area (Å²) in [6, 6.07) is 1.49. The highest BCUT2D eigenvalue weighted by Gasteiger charge is 2.26. The van der Waals surface area contributed by atoms with Gasteiger partial charge in [0.05, 0.1) is 6.33 Å². The maximum Gasteiger partial charge on any atom is 0.252 e. The number of anilines is 1. The van der Waals surface area contributed by atoms with Gasteiger partial charge in [0.1, 0.15) is 5.82 Å². The van der Waals surface area contributed by atoms with E-state index in [9.17, 15) is 4.79 Å². The molecule has 0 aliphatic carbocycles. The molecular formula is C11H18N4O. The SMILES string of the molecule is CC1(CNc2cc(=O)[nH]cn2)CCCNC1. The van der Waals surface area contributed by atoms with Crippen molar-refractivity contribution in [2.24, 2.45) is 5.41 Å². The maximum absolute atomic E-state index is 11.1. The van der Waals surface area contributed by atoms with Crippen molar-refractivity contribution in [2.45, 2.75) is 19.8 Å². The first-order valence-electron chi connectivity index (χ1n) is 5.67. The standard InChI is InChI=1S/C11H18N4O/c1-11(3-2-4-12-6-11)7-13-9-5-10(16)15-8-14-9/h5,8,12H,2-4,6-7H2,1H3,(H2,13,14,15,16). The van der Waals surface area contributed by atoms with E-state index in [2.05, 4.69) is 27.5 Å². The number of nitrogens with zero attached hydrogens (tertiary/aromatic N) is 1. The molecule has 1 fully saturated rings. The van der Waals surface area contributed by atoms with E-state index in [4.69, 9.17) is 0 Å². The first-order chi connectivity index (χ1) is 7.68. The van der Waals surface area contributed by atoms with Crippen molar-refractivity contribution >= 4 is 5.82 Å². The lowest BCUT2D eigenvalue weighted by Crippen LogP contribution is -2.42. The number of piperidine rings is 1. The Morgan fingerprint density at radius 1 is 1.62 bits per heavy atom. The molecule has 2 heterocycles. The molecule has 3 N–H and O–H groups in total. The molecule has 1 aromatic heterocycles. The van der Waals surface area contributed by atoms with Gasteiger partial charge in [-0.15, -0.1) is 0 Å². The Labute approximate surface area is 94.7 Å². The Hall–Kier alpha value is -1.36. The zero-order valence-corrected chi connectivity index (χ0v) is 9.55. The third-order valence-electron chi connectivity index (χ3n) is 3.06. The van der Waals surface area contributed by atoms with E-state index in [1.165, 1.54) is 25.2 Å². The topological polar surface area (TPSA) is 69.8 Å². The average molecular weight is 222 g/mol. The summed E-state index contributed by atoms with van der Waals surface area (Å²) in [7, 11) is 0. The number of hydrogen-bond donors (Lipinski definition) is 3. The van der Waals surface area contributed by atoms with Crippen LogP contribution in [-0.2, 0) is 0 Å². The minimum atomic E-state index is -0.121. The van der Waals surface area contributed by atoms with Crippen LogP contribution in [0.2, 0.25) is 0 Å². The van der Waals surface area contributed by atoms with Gasteiger partial charge in [0, 0.05) is 19.2 Å². The zero-order chi connectivity index (χ0) is 11.4. The van der Waals surface area contributed by atoms with Gasteiger partial charge in [-0.25, -0.2) is 4.98 Å². The van der Waals surface area contributed by atoms with Crippen molar-refractivity contribution in [1.82, 2.24) is 15.3 Å². The first-order valence-corrected chi connectivity index (χ1v) is 5.67. The molecule has 0 saturated carbocycles. The van der Waals surface area contributed by atoms with Crippen molar-refractivity contribution in [1.29, 1.82) is 0 Å². The van der Waals surface area contributed by atoms with Crippen molar-refractivity contribution in [3.05, 3.63) is 22.7 Å². The molecule has 0 bridgehead atoms. The van der Waals surface area contributed by atoms with Gasteiger partial charge in [0.2, 0.25) is 0 Å². The first kappa shape index (κ1) is 11.1. The molecule has 0 aromatic carbocycles. The molecule has 0 radical (unpaired) electrons. The van der Waals surface area contributed by atoms with Crippen molar-refractivity contribution in [3.63, 3.8) is 0 Å². The van der Waals surface area contributed by atoms with Gasteiger partial charge in [-0.05, 0) is 24.8 Å². The van der Waals surface area contributed by atoms with Gasteiger partial charge in [-0.1, -0.05) is 6.92 Å². The Bertz CT molecular complexity index is 395. The summed E-state index contributed by atoms with van der Waals surface area (Å²) in [6.45, 7) is 5.22. The quantitative estimate of drug-likeness (QED) is 0.699. The van der Waals surface area contributed by atoms with Gasteiger partial charge < -0.3 is 15.6 Å².